The van der Waals surface area contributed by atoms with Crippen LogP contribution in [0.25, 0.3) is 0 Å². The minimum Gasteiger partial charge on any atom is -0.494 e. The molecule has 1 aromatic carbocycles. The monoisotopic (exact) mass is 354 g/mol. The SMILES string of the molecule is CCOc1ccccc1[C@@H]1[C@]2(C#N)C(N)=NC(OCC)(OCC)[C@]12C#N. The summed E-state index contributed by atoms with van der Waals surface area (Å²) in [5.74, 6) is -1.47. The molecule has 26 heavy (non-hydrogen) atoms. The predicted molar refractivity (Wildman–Crippen MR) is 94.0 cm³/mol. The van der Waals surface area contributed by atoms with Gasteiger partial charge in [0.1, 0.15) is 17.0 Å². The Hall–Kier alpha value is -2.61. The largest absolute Gasteiger partial charge is 0.494 e. The highest BCUT2D eigenvalue weighted by molar-refractivity contribution is 6.00. The summed E-state index contributed by atoms with van der Waals surface area (Å²) in [6.07, 6.45) is 0. The highest BCUT2D eigenvalue weighted by Crippen LogP contribution is 2.82. The maximum absolute atomic E-state index is 10.2. The van der Waals surface area contributed by atoms with Crippen LogP contribution in [0.1, 0.15) is 32.3 Å². The molecule has 1 fully saturated rings. The molecule has 3 atom stereocenters. The molecule has 0 unspecified atom stereocenters. The van der Waals surface area contributed by atoms with Crippen LogP contribution in [0.4, 0.5) is 0 Å². The van der Waals surface area contributed by atoms with Gasteiger partial charge < -0.3 is 19.9 Å². The fourth-order valence-corrected chi connectivity index (χ4v) is 4.22. The van der Waals surface area contributed by atoms with Crippen LogP contribution in [0.5, 0.6) is 5.75 Å². The Labute approximate surface area is 153 Å². The molecule has 2 N–H and O–H groups in total. The van der Waals surface area contributed by atoms with Crippen molar-refractivity contribution in [2.24, 2.45) is 21.6 Å². The van der Waals surface area contributed by atoms with Crippen molar-refractivity contribution in [3.05, 3.63) is 29.8 Å². The summed E-state index contributed by atoms with van der Waals surface area (Å²) in [5, 5.41) is 20.2. The summed E-state index contributed by atoms with van der Waals surface area (Å²) < 4.78 is 17.4. The van der Waals surface area contributed by atoms with Gasteiger partial charge in [0.25, 0.3) is 5.91 Å². The quantitative estimate of drug-likeness (QED) is 0.752. The number of aliphatic imine (C=N–C) groups is 1. The summed E-state index contributed by atoms with van der Waals surface area (Å²) in [4.78, 5) is 4.33. The zero-order valence-corrected chi connectivity index (χ0v) is 15.2. The number of hydrogen-bond acceptors (Lipinski definition) is 7. The van der Waals surface area contributed by atoms with Gasteiger partial charge in [0.05, 0.1) is 18.7 Å². The molecule has 0 bridgehead atoms. The zero-order chi connectivity index (χ0) is 19.0. The average molecular weight is 354 g/mol. The van der Waals surface area contributed by atoms with Crippen LogP contribution in [0.2, 0.25) is 0 Å². The summed E-state index contributed by atoms with van der Waals surface area (Å²) >= 11 is 0. The summed E-state index contributed by atoms with van der Waals surface area (Å²) in [5.41, 5.74) is 4.26. The van der Waals surface area contributed by atoms with Crippen LogP contribution in [0.3, 0.4) is 0 Å². The number of nitrogens with two attached hydrogens (primary N) is 1. The summed E-state index contributed by atoms with van der Waals surface area (Å²) in [6, 6.07) is 11.9. The van der Waals surface area contributed by atoms with Crippen molar-refractivity contribution in [1.29, 1.82) is 10.5 Å². The fourth-order valence-electron chi connectivity index (χ4n) is 4.22. The molecule has 0 saturated heterocycles. The molecule has 0 radical (unpaired) electrons. The Morgan fingerprint density at radius 2 is 1.73 bits per heavy atom. The van der Waals surface area contributed by atoms with Crippen LogP contribution < -0.4 is 10.5 Å². The maximum Gasteiger partial charge on any atom is 0.293 e. The number of nitriles is 2. The van der Waals surface area contributed by atoms with Crippen molar-refractivity contribution in [3.8, 4) is 17.9 Å². The van der Waals surface area contributed by atoms with Crippen molar-refractivity contribution < 1.29 is 14.2 Å². The highest BCUT2D eigenvalue weighted by atomic mass is 16.7. The van der Waals surface area contributed by atoms with Crippen LogP contribution in [-0.2, 0) is 9.47 Å². The number of amidine groups is 1. The minimum atomic E-state index is -1.60. The van der Waals surface area contributed by atoms with E-state index >= 15 is 0 Å². The fraction of sp³-hybridized carbons (Fsp3) is 0.526. The van der Waals surface area contributed by atoms with E-state index in [4.69, 9.17) is 19.9 Å². The first-order chi connectivity index (χ1) is 12.5. The lowest BCUT2D eigenvalue weighted by atomic mass is 9.93. The van der Waals surface area contributed by atoms with Crippen LogP contribution in [0.15, 0.2) is 29.3 Å². The molecular weight excluding hydrogens is 332 g/mol. The lowest BCUT2D eigenvalue weighted by molar-refractivity contribution is -0.255. The van der Waals surface area contributed by atoms with Gasteiger partial charge in [-0.15, -0.1) is 0 Å². The van der Waals surface area contributed by atoms with Gasteiger partial charge in [-0.25, -0.2) is 4.99 Å². The Balaban J connectivity index is 2.23. The van der Waals surface area contributed by atoms with Gasteiger partial charge in [-0.3, -0.25) is 0 Å². The highest BCUT2D eigenvalue weighted by Gasteiger charge is 2.94. The van der Waals surface area contributed by atoms with Gasteiger partial charge >= 0.3 is 0 Å². The second-order valence-corrected chi connectivity index (χ2v) is 6.19. The standard InChI is InChI=1S/C19H22N4O3/c1-4-24-14-10-8-7-9-13(14)15-17(11-20)16(22)23-19(25-5-2,26-6-3)18(15,17)12-21/h7-10,15H,4-6H2,1-3H3,(H2,22,23)/t15-,17-,18-/m1/s1. The molecule has 1 saturated carbocycles. The van der Waals surface area contributed by atoms with E-state index in [0.717, 1.165) is 5.56 Å². The first-order valence-electron chi connectivity index (χ1n) is 8.73. The Morgan fingerprint density at radius 3 is 2.27 bits per heavy atom. The van der Waals surface area contributed by atoms with E-state index in [-0.39, 0.29) is 19.0 Å². The van der Waals surface area contributed by atoms with Gasteiger partial charge in [0.15, 0.2) is 5.41 Å². The molecular formula is C19H22N4O3. The van der Waals surface area contributed by atoms with E-state index < -0.39 is 22.7 Å². The summed E-state index contributed by atoms with van der Waals surface area (Å²) in [7, 11) is 0. The van der Waals surface area contributed by atoms with Gasteiger partial charge in [-0.2, -0.15) is 10.5 Å². The zero-order valence-electron chi connectivity index (χ0n) is 15.2. The first-order valence-corrected chi connectivity index (χ1v) is 8.73. The number of fused-ring (bicyclic) bond motifs is 1. The molecule has 1 aromatic rings. The van der Waals surface area contributed by atoms with Gasteiger partial charge in [0, 0.05) is 24.7 Å². The number of nitrogens with zero attached hydrogens (tertiary/aromatic N) is 3. The molecule has 136 valence electrons. The van der Waals surface area contributed by atoms with Gasteiger partial charge in [-0.05, 0) is 26.8 Å². The van der Waals surface area contributed by atoms with Crippen molar-refractivity contribution in [2.45, 2.75) is 32.6 Å². The second kappa shape index (κ2) is 6.28. The molecule has 1 aliphatic heterocycles. The Bertz CT molecular complexity index is 819. The minimum absolute atomic E-state index is 0.0692. The molecule has 7 heteroatoms. The van der Waals surface area contributed by atoms with Gasteiger partial charge in [0.2, 0.25) is 0 Å². The number of benzene rings is 1. The molecule has 3 rings (SSSR count). The van der Waals surface area contributed by atoms with Crippen molar-refractivity contribution in [2.75, 3.05) is 19.8 Å². The van der Waals surface area contributed by atoms with Crippen LogP contribution in [0, 0.1) is 33.5 Å². The van der Waals surface area contributed by atoms with Crippen molar-refractivity contribution in [1.82, 2.24) is 0 Å². The van der Waals surface area contributed by atoms with E-state index in [9.17, 15) is 10.5 Å². The molecule has 0 amide bonds. The van der Waals surface area contributed by atoms with E-state index in [1.807, 2.05) is 31.2 Å². The van der Waals surface area contributed by atoms with Crippen molar-refractivity contribution in [3.63, 3.8) is 0 Å². The Morgan fingerprint density at radius 1 is 1.08 bits per heavy atom. The number of para-hydroxylation sites is 1. The molecule has 0 aromatic heterocycles. The van der Waals surface area contributed by atoms with Crippen LogP contribution in [-0.4, -0.2) is 31.6 Å². The second-order valence-electron chi connectivity index (χ2n) is 6.19. The Kier molecular flexibility index (Phi) is 4.39. The maximum atomic E-state index is 10.2. The lowest BCUT2D eigenvalue weighted by Gasteiger charge is -2.31. The third-order valence-electron chi connectivity index (χ3n) is 5.14. The topological polar surface area (TPSA) is 114 Å². The van der Waals surface area contributed by atoms with E-state index in [1.165, 1.54) is 0 Å². The number of ether oxygens (including phenoxy) is 3. The van der Waals surface area contributed by atoms with E-state index in [1.54, 1.807) is 13.8 Å². The smallest absolute Gasteiger partial charge is 0.293 e. The molecule has 7 nitrogen and oxygen atoms in total. The third kappa shape index (κ3) is 1.90. The predicted octanol–water partition coefficient (Wildman–Crippen LogP) is 2.30. The molecule has 2 aliphatic rings. The normalized spacial score (nSPS) is 30.7. The van der Waals surface area contributed by atoms with Gasteiger partial charge in [-0.1, -0.05) is 18.2 Å². The average Bonchev–Trinajstić information content (AvgIpc) is 3.21. The third-order valence-corrected chi connectivity index (χ3v) is 5.14. The number of rotatable bonds is 7. The van der Waals surface area contributed by atoms with E-state index in [2.05, 4.69) is 17.1 Å². The molecule has 1 heterocycles. The molecule has 0 spiro atoms. The lowest BCUT2D eigenvalue weighted by Crippen LogP contribution is -2.43. The summed E-state index contributed by atoms with van der Waals surface area (Å²) in [6.45, 7) is 6.45. The first kappa shape index (κ1) is 18.2. The van der Waals surface area contributed by atoms with Crippen molar-refractivity contribution >= 4 is 5.84 Å². The van der Waals surface area contributed by atoms with Crippen LogP contribution >= 0.6 is 0 Å². The van der Waals surface area contributed by atoms with E-state index in [0.29, 0.717) is 12.4 Å². The number of hydrogen-bond donors (Lipinski definition) is 1. The molecule has 1 aliphatic carbocycles.